The standard InChI is InChI=1S/C22H21BrN4O3S/c1-14-19(23)20-24-21(31-13-16-6-10-18(30-3)11-7-16)26(22(28)27(20)25-14)12-15-4-8-17(29-2)9-5-15/h4-11H,12-13H2,1-3H3. The predicted octanol–water partition coefficient (Wildman–Crippen LogP) is 4.32. The van der Waals surface area contributed by atoms with Crippen LogP contribution in [-0.4, -0.2) is 33.4 Å². The lowest BCUT2D eigenvalue weighted by Gasteiger charge is -2.13. The lowest BCUT2D eigenvalue weighted by atomic mass is 10.2. The average Bonchev–Trinajstić information content (AvgIpc) is 3.09. The summed E-state index contributed by atoms with van der Waals surface area (Å²) < 4.78 is 14.2. The highest BCUT2D eigenvalue weighted by molar-refractivity contribution is 9.10. The van der Waals surface area contributed by atoms with E-state index in [4.69, 9.17) is 14.5 Å². The van der Waals surface area contributed by atoms with Gasteiger partial charge in [0.2, 0.25) is 0 Å². The SMILES string of the molecule is COc1ccc(CSc2nc3c(Br)c(C)nn3c(=O)n2Cc2ccc(OC)cc2)cc1. The van der Waals surface area contributed by atoms with Crippen LogP contribution in [0.25, 0.3) is 5.65 Å². The van der Waals surface area contributed by atoms with E-state index in [1.165, 1.54) is 16.3 Å². The van der Waals surface area contributed by atoms with E-state index in [9.17, 15) is 4.79 Å². The number of fused-ring (bicyclic) bond motifs is 1. The van der Waals surface area contributed by atoms with Gasteiger partial charge in [-0.25, -0.2) is 9.78 Å². The van der Waals surface area contributed by atoms with E-state index >= 15 is 0 Å². The van der Waals surface area contributed by atoms with Crippen LogP contribution in [0.1, 0.15) is 16.8 Å². The van der Waals surface area contributed by atoms with Crippen molar-refractivity contribution in [1.82, 2.24) is 19.2 Å². The quantitative estimate of drug-likeness (QED) is 0.352. The summed E-state index contributed by atoms with van der Waals surface area (Å²) in [6.07, 6.45) is 0. The smallest absolute Gasteiger partial charge is 0.353 e. The fourth-order valence-corrected chi connectivity index (χ4v) is 4.38. The summed E-state index contributed by atoms with van der Waals surface area (Å²) in [7, 11) is 3.27. The summed E-state index contributed by atoms with van der Waals surface area (Å²) >= 11 is 5.02. The number of aryl methyl sites for hydroxylation is 1. The van der Waals surface area contributed by atoms with Gasteiger partial charge in [-0.15, -0.1) is 0 Å². The molecule has 0 amide bonds. The summed E-state index contributed by atoms with van der Waals surface area (Å²) in [5.41, 5.74) is 3.09. The molecule has 2 heterocycles. The molecule has 0 saturated carbocycles. The predicted molar refractivity (Wildman–Crippen MR) is 124 cm³/mol. The first-order valence-corrected chi connectivity index (χ1v) is 11.3. The van der Waals surface area contributed by atoms with E-state index in [2.05, 4.69) is 21.0 Å². The maximum atomic E-state index is 13.3. The van der Waals surface area contributed by atoms with Crippen LogP contribution in [-0.2, 0) is 12.3 Å². The maximum absolute atomic E-state index is 13.3. The summed E-state index contributed by atoms with van der Waals surface area (Å²) in [4.78, 5) is 18.1. The second kappa shape index (κ2) is 9.15. The fraction of sp³-hybridized carbons (Fsp3) is 0.227. The molecule has 7 nitrogen and oxygen atoms in total. The number of nitrogens with zero attached hydrogens (tertiary/aromatic N) is 4. The molecule has 0 N–H and O–H groups in total. The van der Waals surface area contributed by atoms with Gasteiger partial charge in [0.15, 0.2) is 10.8 Å². The van der Waals surface area contributed by atoms with Crippen LogP contribution in [0.3, 0.4) is 0 Å². The molecule has 0 unspecified atom stereocenters. The number of halogens is 1. The van der Waals surface area contributed by atoms with Gasteiger partial charge in [0.1, 0.15) is 11.5 Å². The number of benzene rings is 2. The Bertz CT molecular complexity index is 1270. The van der Waals surface area contributed by atoms with Crippen LogP contribution >= 0.6 is 27.7 Å². The Hall–Kier alpha value is -2.78. The van der Waals surface area contributed by atoms with Gasteiger partial charge in [0.05, 0.1) is 30.9 Å². The molecule has 4 rings (SSSR count). The number of hydrogen-bond donors (Lipinski definition) is 0. The van der Waals surface area contributed by atoms with Crippen LogP contribution in [0.5, 0.6) is 11.5 Å². The van der Waals surface area contributed by atoms with Gasteiger partial charge in [0, 0.05) is 5.75 Å². The zero-order valence-corrected chi connectivity index (χ0v) is 19.7. The molecule has 0 fully saturated rings. The van der Waals surface area contributed by atoms with E-state index in [-0.39, 0.29) is 5.69 Å². The molecule has 0 spiro atoms. The van der Waals surface area contributed by atoms with Crippen LogP contribution in [0.4, 0.5) is 0 Å². The second-order valence-corrected chi connectivity index (χ2v) is 8.62. The molecule has 31 heavy (non-hydrogen) atoms. The molecule has 0 bridgehead atoms. The van der Waals surface area contributed by atoms with E-state index < -0.39 is 0 Å². The minimum atomic E-state index is -0.230. The molecule has 0 radical (unpaired) electrons. The van der Waals surface area contributed by atoms with Crippen LogP contribution in [0, 0.1) is 6.92 Å². The molecule has 2 aromatic carbocycles. The lowest BCUT2D eigenvalue weighted by molar-refractivity contribution is 0.414. The van der Waals surface area contributed by atoms with Gasteiger partial charge in [-0.3, -0.25) is 4.57 Å². The van der Waals surface area contributed by atoms with Crippen LogP contribution in [0.15, 0.2) is 63.0 Å². The van der Waals surface area contributed by atoms with Crippen molar-refractivity contribution in [2.24, 2.45) is 0 Å². The Balaban J connectivity index is 1.72. The van der Waals surface area contributed by atoms with E-state index in [0.29, 0.717) is 23.1 Å². The van der Waals surface area contributed by atoms with Crippen molar-refractivity contribution in [2.75, 3.05) is 14.2 Å². The average molecular weight is 501 g/mol. The first-order chi connectivity index (χ1) is 15.0. The third-order valence-electron chi connectivity index (χ3n) is 4.84. The van der Waals surface area contributed by atoms with Crippen molar-refractivity contribution in [3.05, 3.63) is 80.3 Å². The van der Waals surface area contributed by atoms with Gasteiger partial charge < -0.3 is 9.47 Å². The first kappa shape index (κ1) is 21.5. The van der Waals surface area contributed by atoms with Gasteiger partial charge in [0.25, 0.3) is 0 Å². The fourth-order valence-electron chi connectivity index (χ4n) is 3.10. The number of methoxy groups -OCH3 is 2. The third kappa shape index (κ3) is 4.47. The van der Waals surface area contributed by atoms with Crippen molar-refractivity contribution in [2.45, 2.75) is 24.4 Å². The van der Waals surface area contributed by atoms with E-state index in [1.807, 2.05) is 55.5 Å². The van der Waals surface area contributed by atoms with Crippen LogP contribution < -0.4 is 15.2 Å². The molecular formula is C22H21BrN4O3S. The number of ether oxygens (including phenoxy) is 2. The van der Waals surface area contributed by atoms with Crippen molar-refractivity contribution in [3.63, 3.8) is 0 Å². The van der Waals surface area contributed by atoms with Crippen molar-refractivity contribution >= 4 is 33.3 Å². The van der Waals surface area contributed by atoms with Gasteiger partial charge in [-0.2, -0.15) is 9.61 Å². The van der Waals surface area contributed by atoms with E-state index in [0.717, 1.165) is 32.8 Å². The molecule has 160 valence electrons. The Morgan fingerprint density at radius 2 is 1.55 bits per heavy atom. The molecule has 0 aliphatic rings. The minimum absolute atomic E-state index is 0.230. The Labute approximate surface area is 192 Å². The first-order valence-electron chi connectivity index (χ1n) is 9.54. The molecule has 0 aliphatic carbocycles. The molecule has 0 aliphatic heterocycles. The molecular weight excluding hydrogens is 480 g/mol. The second-order valence-electron chi connectivity index (χ2n) is 6.88. The minimum Gasteiger partial charge on any atom is -0.497 e. The Morgan fingerprint density at radius 3 is 2.13 bits per heavy atom. The number of aromatic nitrogens is 4. The number of hydrogen-bond acceptors (Lipinski definition) is 6. The third-order valence-corrected chi connectivity index (χ3v) is 6.81. The zero-order valence-electron chi connectivity index (χ0n) is 17.3. The van der Waals surface area contributed by atoms with Crippen molar-refractivity contribution < 1.29 is 9.47 Å². The largest absolute Gasteiger partial charge is 0.497 e. The molecule has 9 heteroatoms. The molecule has 0 saturated heterocycles. The molecule has 0 atom stereocenters. The highest BCUT2D eigenvalue weighted by Gasteiger charge is 2.17. The molecule has 4 aromatic rings. The van der Waals surface area contributed by atoms with Crippen molar-refractivity contribution in [1.29, 1.82) is 0 Å². The lowest BCUT2D eigenvalue weighted by Crippen LogP contribution is -2.30. The van der Waals surface area contributed by atoms with Gasteiger partial charge in [-0.1, -0.05) is 36.0 Å². The highest BCUT2D eigenvalue weighted by atomic mass is 79.9. The van der Waals surface area contributed by atoms with Gasteiger partial charge in [-0.05, 0) is 58.2 Å². The highest BCUT2D eigenvalue weighted by Crippen LogP contribution is 2.26. The summed E-state index contributed by atoms with van der Waals surface area (Å²) in [5.74, 6) is 2.24. The number of thioether (sulfide) groups is 1. The zero-order chi connectivity index (χ0) is 22.0. The van der Waals surface area contributed by atoms with Crippen LogP contribution in [0.2, 0.25) is 0 Å². The van der Waals surface area contributed by atoms with Gasteiger partial charge >= 0.3 is 5.69 Å². The molecule has 2 aromatic heterocycles. The Morgan fingerprint density at radius 1 is 0.968 bits per heavy atom. The normalized spacial score (nSPS) is 11.1. The number of rotatable bonds is 7. The Kier molecular flexibility index (Phi) is 6.33. The summed E-state index contributed by atoms with van der Waals surface area (Å²) in [5, 5.41) is 4.98. The topological polar surface area (TPSA) is 70.7 Å². The summed E-state index contributed by atoms with van der Waals surface area (Å²) in [6, 6.07) is 15.5. The van der Waals surface area contributed by atoms with E-state index in [1.54, 1.807) is 18.8 Å². The monoisotopic (exact) mass is 500 g/mol. The summed E-state index contributed by atoms with van der Waals surface area (Å²) in [6.45, 7) is 2.23. The maximum Gasteiger partial charge on any atom is 0.353 e. The van der Waals surface area contributed by atoms with Crippen molar-refractivity contribution in [3.8, 4) is 11.5 Å².